The zero-order chi connectivity index (χ0) is 12.8. The summed E-state index contributed by atoms with van der Waals surface area (Å²) in [6.07, 6.45) is 5.42. The van der Waals surface area contributed by atoms with Crippen LogP contribution in [-0.4, -0.2) is 43.2 Å². The van der Waals surface area contributed by atoms with Gasteiger partial charge < -0.3 is 14.4 Å². The van der Waals surface area contributed by atoms with E-state index in [1.54, 1.807) is 13.3 Å². The maximum absolute atomic E-state index is 5.72. The molecule has 2 rings (SSSR count). The molecule has 1 aliphatic heterocycles. The molecule has 5 heteroatoms. The highest BCUT2D eigenvalue weighted by Crippen LogP contribution is 2.27. The molecule has 1 aromatic rings. The molecule has 18 heavy (non-hydrogen) atoms. The van der Waals surface area contributed by atoms with Gasteiger partial charge in [0.05, 0.1) is 13.7 Å². The van der Waals surface area contributed by atoms with Crippen molar-refractivity contribution in [2.75, 3.05) is 33.4 Å². The third kappa shape index (κ3) is 3.85. The lowest BCUT2D eigenvalue weighted by atomic mass is 10.4. The predicted octanol–water partition coefficient (Wildman–Crippen LogP) is 2.72. The first-order valence-corrected chi connectivity index (χ1v) is 7.13. The van der Waals surface area contributed by atoms with E-state index in [9.17, 15) is 0 Å². The summed E-state index contributed by atoms with van der Waals surface area (Å²) in [4.78, 5) is 6.63. The Morgan fingerprint density at radius 1 is 1.39 bits per heavy atom. The van der Waals surface area contributed by atoms with Crippen LogP contribution < -0.4 is 9.47 Å². The Kier molecular flexibility index (Phi) is 5.26. The third-order valence-electron chi connectivity index (χ3n) is 3.05. The average molecular weight is 315 g/mol. The van der Waals surface area contributed by atoms with Crippen LogP contribution in [0.1, 0.15) is 19.3 Å². The maximum atomic E-state index is 5.72. The molecule has 0 aromatic carbocycles. The van der Waals surface area contributed by atoms with Gasteiger partial charge in [0.25, 0.3) is 5.88 Å². The molecule has 100 valence electrons. The van der Waals surface area contributed by atoms with E-state index < -0.39 is 0 Å². The Morgan fingerprint density at radius 2 is 2.17 bits per heavy atom. The van der Waals surface area contributed by atoms with Gasteiger partial charge in [0, 0.05) is 23.3 Å². The number of nitrogens with zero attached hydrogens (tertiary/aromatic N) is 2. The molecule has 0 bridgehead atoms. The second-order valence-corrected chi connectivity index (χ2v) is 5.33. The van der Waals surface area contributed by atoms with E-state index in [1.807, 2.05) is 6.07 Å². The number of ether oxygens (including phenoxy) is 2. The van der Waals surface area contributed by atoms with E-state index >= 15 is 0 Å². The van der Waals surface area contributed by atoms with Gasteiger partial charge in [-0.3, -0.25) is 0 Å². The van der Waals surface area contributed by atoms with Crippen LogP contribution in [0.5, 0.6) is 11.6 Å². The maximum Gasteiger partial charge on any atom is 0.256 e. The van der Waals surface area contributed by atoms with Gasteiger partial charge in [0.2, 0.25) is 0 Å². The highest BCUT2D eigenvalue weighted by molar-refractivity contribution is 9.10. The van der Waals surface area contributed by atoms with Crippen LogP contribution in [0.2, 0.25) is 0 Å². The number of methoxy groups -OCH3 is 1. The van der Waals surface area contributed by atoms with Crippen LogP contribution in [0.4, 0.5) is 0 Å². The number of likely N-dealkylation sites (tertiary alicyclic amines) is 1. The Bertz CT molecular complexity index is 381. The van der Waals surface area contributed by atoms with Gasteiger partial charge in [0.15, 0.2) is 5.75 Å². The summed E-state index contributed by atoms with van der Waals surface area (Å²) in [6.45, 7) is 4.29. The van der Waals surface area contributed by atoms with Crippen molar-refractivity contribution in [3.05, 3.63) is 16.7 Å². The standard InChI is InChI=1S/C13H19BrN2O2/c1-17-13-12(9-11(14)10-15-13)18-8-4-7-16-5-2-3-6-16/h9-10H,2-8H2,1H3. The van der Waals surface area contributed by atoms with Crippen molar-refractivity contribution in [1.29, 1.82) is 0 Å². The van der Waals surface area contributed by atoms with E-state index in [4.69, 9.17) is 9.47 Å². The van der Waals surface area contributed by atoms with Crippen molar-refractivity contribution in [3.8, 4) is 11.6 Å². The Balaban J connectivity index is 1.76. The molecule has 1 aromatic heterocycles. The number of hydrogen-bond donors (Lipinski definition) is 0. The number of pyridine rings is 1. The molecule has 1 saturated heterocycles. The molecule has 0 aliphatic carbocycles. The number of halogens is 1. The first kappa shape index (κ1) is 13.6. The van der Waals surface area contributed by atoms with E-state index in [0.29, 0.717) is 18.2 Å². The molecule has 0 radical (unpaired) electrons. The first-order chi connectivity index (χ1) is 8.79. The molecule has 0 unspecified atom stereocenters. The molecule has 2 heterocycles. The summed E-state index contributed by atoms with van der Waals surface area (Å²) in [7, 11) is 1.60. The second-order valence-electron chi connectivity index (χ2n) is 4.41. The molecule has 0 spiro atoms. The van der Waals surface area contributed by atoms with Gasteiger partial charge >= 0.3 is 0 Å². The van der Waals surface area contributed by atoms with Gasteiger partial charge in [-0.2, -0.15) is 0 Å². The fourth-order valence-electron chi connectivity index (χ4n) is 2.14. The quantitative estimate of drug-likeness (QED) is 0.756. The van der Waals surface area contributed by atoms with Gasteiger partial charge in [-0.05, 0) is 48.3 Å². The Morgan fingerprint density at radius 3 is 2.89 bits per heavy atom. The van der Waals surface area contributed by atoms with Gasteiger partial charge in [0.1, 0.15) is 0 Å². The minimum absolute atomic E-state index is 0.541. The second kappa shape index (κ2) is 6.95. The summed E-state index contributed by atoms with van der Waals surface area (Å²) >= 11 is 3.38. The summed E-state index contributed by atoms with van der Waals surface area (Å²) in [6, 6.07) is 1.89. The lowest BCUT2D eigenvalue weighted by Gasteiger charge is -2.15. The minimum atomic E-state index is 0.541. The number of hydrogen-bond acceptors (Lipinski definition) is 4. The largest absolute Gasteiger partial charge is 0.488 e. The summed E-state index contributed by atoms with van der Waals surface area (Å²) < 4.78 is 11.8. The van der Waals surface area contributed by atoms with Crippen molar-refractivity contribution in [2.24, 2.45) is 0 Å². The smallest absolute Gasteiger partial charge is 0.256 e. The first-order valence-electron chi connectivity index (χ1n) is 6.34. The normalized spacial score (nSPS) is 15.9. The molecule has 0 amide bonds. The highest BCUT2D eigenvalue weighted by Gasteiger charge is 2.11. The molecule has 1 aliphatic rings. The third-order valence-corrected chi connectivity index (χ3v) is 3.49. The minimum Gasteiger partial charge on any atom is -0.488 e. The van der Waals surface area contributed by atoms with E-state index in [1.165, 1.54) is 25.9 Å². The molecule has 4 nitrogen and oxygen atoms in total. The molecular formula is C13H19BrN2O2. The van der Waals surface area contributed by atoms with Crippen molar-refractivity contribution < 1.29 is 9.47 Å². The van der Waals surface area contributed by atoms with Crippen LogP contribution in [0.15, 0.2) is 16.7 Å². The zero-order valence-corrected chi connectivity index (χ0v) is 12.3. The molecule has 1 fully saturated rings. The fraction of sp³-hybridized carbons (Fsp3) is 0.615. The monoisotopic (exact) mass is 314 g/mol. The predicted molar refractivity (Wildman–Crippen MR) is 74.3 cm³/mol. The van der Waals surface area contributed by atoms with Gasteiger partial charge in [-0.25, -0.2) is 4.98 Å². The van der Waals surface area contributed by atoms with Crippen LogP contribution in [0.3, 0.4) is 0 Å². The summed E-state index contributed by atoms with van der Waals surface area (Å²) in [5, 5.41) is 0. The SMILES string of the molecule is COc1ncc(Br)cc1OCCCN1CCCC1. The van der Waals surface area contributed by atoms with Crippen molar-refractivity contribution >= 4 is 15.9 Å². The molecule has 0 atom stereocenters. The molecule has 0 N–H and O–H groups in total. The van der Waals surface area contributed by atoms with E-state index in [0.717, 1.165) is 17.4 Å². The Labute approximate surface area is 116 Å². The van der Waals surface area contributed by atoms with Crippen LogP contribution >= 0.6 is 15.9 Å². The Hall–Kier alpha value is -0.810. The summed E-state index contributed by atoms with van der Waals surface area (Å²) in [5.74, 6) is 1.24. The average Bonchev–Trinajstić information content (AvgIpc) is 2.88. The lowest BCUT2D eigenvalue weighted by molar-refractivity contribution is 0.251. The van der Waals surface area contributed by atoms with Crippen LogP contribution in [0.25, 0.3) is 0 Å². The van der Waals surface area contributed by atoms with Crippen molar-refractivity contribution in [1.82, 2.24) is 9.88 Å². The van der Waals surface area contributed by atoms with Crippen LogP contribution in [0, 0.1) is 0 Å². The molecular weight excluding hydrogens is 296 g/mol. The number of aromatic nitrogens is 1. The topological polar surface area (TPSA) is 34.6 Å². The van der Waals surface area contributed by atoms with Crippen LogP contribution in [-0.2, 0) is 0 Å². The van der Waals surface area contributed by atoms with Gasteiger partial charge in [-0.15, -0.1) is 0 Å². The fourth-order valence-corrected chi connectivity index (χ4v) is 2.45. The van der Waals surface area contributed by atoms with Crippen molar-refractivity contribution in [3.63, 3.8) is 0 Å². The van der Waals surface area contributed by atoms with Crippen molar-refractivity contribution in [2.45, 2.75) is 19.3 Å². The molecule has 0 saturated carbocycles. The lowest BCUT2D eigenvalue weighted by Crippen LogP contribution is -2.21. The zero-order valence-electron chi connectivity index (χ0n) is 10.7. The van der Waals surface area contributed by atoms with E-state index in [-0.39, 0.29) is 0 Å². The van der Waals surface area contributed by atoms with Gasteiger partial charge in [-0.1, -0.05) is 0 Å². The highest BCUT2D eigenvalue weighted by atomic mass is 79.9. The van der Waals surface area contributed by atoms with E-state index in [2.05, 4.69) is 25.8 Å². The summed E-state index contributed by atoms with van der Waals surface area (Å²) in [5.41, 5.74) is 0. The number of rotatable bonds is 6.